The number of aryl methyl sites for hydroxylation is 1. The lowest BCUT2D eigenvalue weighted by atomic mass is 10.4. The van der Waals surface area contributed by atoms with Gasteiger partial charge in [0, 0.05) is 45.6 Å². The molecule has 1 aromatic heterocycles. The van der Waals surface area contributed by atoms with Gasteiger partial charge in [0.25, 0.3) is 0 Å². The van der Waals surface area contributed by atoms with Gasteiger partial charge in [0.05, 0.1) is 0 Å². The summed E-state index contributed by atoms with van der Waals surface area (Å²) in [7, 11) is 0. The highest BCUT2D eigenvalue weighted by atomic mass is 127. The van der Waals surface area contributed by atoms with E-state index in [0.29, 0.717) is 37.6 Å². The summed E-state index contributed by atoms with van der Waals surface area (Å²) in [6.07, 6.45) is 3.22. The van der Waals surface area contributed by atoms with Gasteiger partial charge in [-0.1, -0.05) is 5.16 Å². The summed E-state index contributed by atoms with van der Waals surface area (Å²) < 4.78 is 5.07. The topological polar surface area (TPSA) is 95.7 Å². The first kappa shape index (κ1) is 20.7. The van der Waals surface area contributed by atoms with E-state index in [0.717, 1.165) is 38.4 Å². The van der Waals surface area contributed by atoms with Crippen molar-refractivity contribution in [1.82, 2.24) is 25.7 Å². The molecule has 8 nitrogen and oxygen atoms in total. The Balaban J connectivity index is 0.00000288. The molecule has 1 aliphatic heterocycles. The van der Waals surface area contributed by atoms with Gasteiger partial charge in [-0.3, -0.25) is 9.79 Å². The Hall–Kier alpha value is -1.39. The molecule has 1 fully saturated rings. The number of likely N-dealkylation sites (tertiary alicyclic amines) is 1. The minimum absolute atomic E-state index is 0. The van der Waals surface area contributed by atoms with Crippen LogP contribution >= 0.6 is 24.0 Å². The average molecular weight is 450 g/mol. The third-order valence-electron chi connectivity index (χ3n) is 3.57. The molecule has 0 atom stereocenters. The van der Waals surface area contributed by atoms with Gasteiger partial charge in [-0.2, -0.15) is 4.98 Å². The van der Waals surface area contributed by atoms with E-state index in [1.807, 2.05) is 11.8 Å². The van der Waals surface area contributed by atoms with Crippen molar-refractivity contribution in [3.63, 3.8) is 0 Å². The molecule has 0 aromatic carbocycles. The van der Waals surface area contributed by atoms with Crippen LogP contribution in [0.4, 0.5) is 0 Å². The van der Waals surface area contributed by atoms with Crippen LogP contribution < -0.4 is 10.6 Å². The molecule has 2 rings (SSSR count). The first-order valence-corrected chi connectivity index (χ1v) is 8.28. The van der Waals surface area contributed by atoms with Crippen molar-refractivity contribution < 1.29 is 9.32 Å². The molecular formula is C15H27IN6O2. The highest BCUT2D eigenvalue weighted by molar-refractivity contribution is 14.0. The molecule has 2 heterocycles. The minimum Gasteiger partial charge on any atom is -0.357 e. The molecule has 1 aromatic rings. The molecule has 2 N–H and O–H groups in total. The smallest absolute Gasteiger partial charge is 0.228 e. The van der Waals surface area contributed by atoms with E-state index in [9.17, 15) is 4.79 Å². The number of hydrogen-bond acceptors (Lipinski definition) is 5. The summed E-state index contributed by atoms with van der Waals surface area (Å²) in [5, 5.41) is 10.2. The molecule has 0 spiro atoms. The van der Waals surface area contributed by atoms with Gasteiger partial charge in [-0.25, -0.2) is 0 Å². The molecule has 0 radical (unpaired) electrons. The van der Waals surface area contributed by atoms with Crippen LogP contribution in [0.15, 0.2) is 9.52 Å². The lowest BCUT2D eigenvalue weighted by molar-refractivity contribution is -0.127. The highest BCUT2D eigenvalue weighted by Crippen LogP contribution is 2.09. The van der Waals surface area contributed by atoms with Gasteiger partial charge < -0.3 is 20.1 Å². The average Bonchev–Trinajstić information content (AvgIpc) is 3.12. The first-order chi connectivity index (χ1) is 11.2. The number of nitrogens with one attached hydrogen (secondary N) is 2. The summed E-state index contributed by atoms with van der Waals surface area (Å²) in [5.74, 6) is 2.32. The maximum Gasteiger partial charge on any atom is 0.228 e. The quantitative estimate of drug-likeness (QED) is 0.267. The number of amides is 1. The zero-order valence-electron chi connectivity index (χ0n) is 14.4. The van der Waals surface area contributed by atoms with Crippen LogP contribution in [0, 0.1) is 6.92 Å². The number of halogens is 1. The Labute approximate surface area is 159 Å². The normalized spacial score (nSPS) is 14.7. The summed E-state index contributed by atoms with van der Waals surface area (Å²) >= 11 is 0. The number of carbonyl (C=O) groups excluding carboxylic acids is 1. The van der Waals surface area contributed by atoms with Gasteiger partial charge in [0.2, 0.25) is 11.8 Å². The number of rotatable bonds is 8. The van der Waals surface area contributed by atoms with E-state index in [1.54, 1.807) is 6.92 Å². The predicted octanol–water partition coefficient (Wildman–Crippen LogP) is 1.11. The molecule has 1 aliphatic rings. The van der Waals surface area contributed by atoms with Crippen LogP contribution in [0.2, 0.25) is 0 Å². The van der Waals surface area contributed by atoms with E-state index in [1.165, 1.54) is 0 Å². The standard InChI is InChI=1S/C15H26N6O2.HI/c1-3-16-15(18-9-7-13-19-12(2)20-23-13)17-8-5-11-21-10-4-6-14(21)22;/h3-11H2,1-2H3,(H2,16,17,18);1H. The Morgan fingerprint density at radius 3 is 2.88 bits per heavy atom. The van der Waals surface area contributed by atoms with Crippen LogP contribution in [0.3, 0.4) is 0 Å². The molecular weight excluding hydrogens is 423 g/mol. The van der Waals surface area contributed by atoms with Gasteiger partial charge in [-0.05, 0) is 26.7 Å². The van der Waals surface area contributed by atoms with Crippen LogP contribution in [0.1, 0.15) is 37.9 Å². The summed E-state index contributed by atoms with van der Waals surface area (Å²) in [5.41, 5.74) is 0. The number of aliphatic imine (C=N–C) groups is 1. The summed E-state index contributed by atoms with van der Waals surface area (Å²) in [6.45, 7) is 7.69. The van der Waals surface area contributed by atoms with Crippen molar-refractivity contribution in [3.05, 3.63) is 11.7 Å². The third-order valence-corrected chi connectivity index (χ3v) is 3.57. The van der Waals surface area contributed by atoms with Crippen LogP contribution in [0.5, 0.6) is 0 Å². The van der Waals surface area contributed by atoms with E-state index < -0.39 is 0 Å². The lowest BCUT2D eigenvalue weighted by Gasteiger charge is -2.15. The predicted molar refractivity (Wildman–Crippen MR) is 103 cm³/mol. The van der Waals surface area contributed by atoms with Gasteiger partial charge in [0.15, 0.2) is 11.8 Å². The summed E-state index contributed by atoms with van der Waals surface area (Å²) in [4.78, 5) is 22.1. The number of guanidine groups is 1. The number of carbonyl (C=O) groups is 1. The molecule has 0 aliphatic carbocycles. The SMILES string of the molecule is CCNC(=NCCCN1CCCC1=O)NCCc1nc(C)no1.I. The number of nitrogens with zero attached hydrogens (tertiary/aromatic N) is 4. The molecule has 0 bridgehead atoms. The van der Waals surface area contributed by atoms with Crippen LogP contribution in [0.25, 0.3) is 0 Å². The second kappa shape index (κ2) is 11.2. The molecule has 136 valence electrons. The van der Waals surface area contributed by atoms with Gasteiger partial charge in [-0.15, -0.1) is 24.0 Å². The van der Waals surface area contributed by atoms with Gasteiger partial charge >= 0.3 is 0 Å². The van der Waals surface area contributed by atoms with E-state index in [4.69, 9.17) is 4.52 Å². The molecule has 0 unspecified atom stereocenters. The number of aromatic nitrogens is 2. The summed E-state index contributed by atoms with van der Waals surface area (Å²) in [6, 6.07) is 0. The van der Waals surface area contributed by atoms with Crippen molar-refractivity contribution in [1.29, 1.82) is 0 Å². The third kappa shape index (κ3) is 7.02. The lowest BCUT2D eigenvalue weighted by Crippen LogP contribution is -2.38. The van der Waals surface area contributed by atoms with Crippen molar-refractivity contribution >= 4 is 35.8 Å². The monoisotopic (exact) mass is 450 g/mol. The Bertz CT molecular complexity index is 534. The van der Waals surface area contributed by atoms with Crippen molar-refractivity contribution in [2.24, 2.45) is 4.99 Å². The fraction of sp³-hybridized carbons (Fsp3) is 0.733. The molecule has 24 heavy (non-hydrogen) atoms. The second-order valence-electron chi connectivity index (χ2n) is 5.51. The van der Waals surface area contributed by atoms with Crippen molar-refractivity contribution in [2.45, 2.75) is 39.5 Å². The first-order valence-electron chi connectivity index (χ1n) is 8.28. The fourth-order valence-electron chi connectivity index (χ4n) is 2.46. The minimum atomic E-state index is 0. The highest BCUT2D eigenvalue weighted by Gasteiger charge is 2.18. The largest absolute Gasteiger partial charge is 0.357 e. The van der Waals surface area contributed by atoms with Gasteiger partial charge in [0.1, 0.15) is 0 Å². The molecule has 0 saturated carbocycles. The maximum atomic E-state index is 11.5. The number of hydrogen-bond donors (Lipinski definition) is 2. The van der Waals surface area contributed by atoms with Crippen LogP contribution in [-0.2, 0) is 11.2 Å². The maximum absolute atomic E-state index is 11.5. The molecule has 1 saturated heterocycles. The second-order valence-corrected chi connectivity index (χ2v) is 5.51. The van der Waals surface area contributed by atoms with Crippen molar-refractivity contribution in [2.75, 3.05) is 32.7 Å². The zero-order valence-corrected chi connectivity index (χ0v) is 16.7. The molecule has 9 heteroatoms. The van der Waals surface area contributed by atoms with E-state index in [2.05, 4.69) is 25.8 Å². The Kier molecular flexibility index (Phi) is 9.65. The van der Waals surface area contributed by atoms with E-state index in [-0.39, 0.29) is 29.9 Å². The van der Waals surface area contributed by atoms with Crippen molar-refractivity contribution in [3.8, 4) is 0 Å². The fourth-order valence-corrected chi connectivity index (χ4v) is 2.46. The zero-order chi connectivity index (χ0) is 16.5. The Morgan fingerprint density at radius 2 is 2.25 bits per heavy atom. The van der Waals surface area contributed by atoms with E-state index >= 15 is 0 Å². The molecule has 1 amide bonds. The Morgan fingerprint density at radius 1 is 1.42 bits per heavy atom. The van der Waals surface area contributed by atoms with Crippen LogP contribution in [-0.4, -0.2) is 59.6 Å².